The summed E-state index contributed by atoms with van der Waals surface area (Å²) in [6.07, 6.45) is 0.184. The average Bonchev–Trinajstić information content (AvgIpc) is 2.72. The second-order valence-corrected chi connectivity index (χ2v) is 6.31. The molecule has 1 unspecified atom stereocenters. The van der Waals surface area contributed by atoms with Gasteiger partial charge in [-0.1, -0.05) is 18.2 Å². The molecule has 0 aliphatic carbocycles. The van der Waals surface area contributed by atoms with Gasteiger partial charge in [0.05, 0.1) is 5.75 Å². The molecule has 18 heavy (non-hydrogen) atoms. The summed E-state index contributed by atoms with van der Waals surface area (Å²) in [5.74, 6) is -0.494. The predicted molar refractivity (Wildman–Crippen MR) is 69.9 cm³/mol. The van der Waals surface area contributed by atoms with Crippen molar-refractivity contribution in [2.75, 3.05) is 17.6 Å². The van der Waals surface area contributed by atoms with Crippen molar-refractivity contribution >= 4 is 21.6 Å². The van der Waals surface area contributed by atoms with E-state index in [2.05, 4.69) is 10.0 Å². The van der Waals surface area contributed by atoms with Crippen LogP contribution in [0.5, 0.6) is 0 Å². The molecule has 1 aromatic rings. The first kappa shape index (κ1) is 12.9. The lowest BCUT2D eigenvalue weighted by atomic mass is 9.98. The second kappa shape index (κ2) is 4.97. The average molecular weight is 268 g/mol. The zero-order chi connectivity index (χ0) is 13.2. The van der Waals surface area contributed by atoms with E-state index < -0.39 is 15.9 Å². The van der Waals surface area contributed by atoms with Gasteiger partial charge in [0.2, 0.25) is 15.9 Å². The van der Waals surface area contributed by atoms with Gasteiger partial charge in [-0.05, 0) is 18.6 Å². The van der Waals surface area contributed by atoms with Gasteiger partial charge in [-0.2, -0.15) is 0 Å². The number of fused-ring (bicyclic) bond motifs is 1. The van der Waals surface area contributed by atoms with Crippen molar-refractivity contribution in [2.24, 2.45) is 0 Å². The van der Waals surface area contributed by atoms with Gasteiger partial charge in [0, 0.05) is 24.6 Å². The van der Waals surface area contributed by atoms with E-state index in [1.165, 1.54) is 6.92 Å². The first-order chi connectivity index (χ1) is 8.52. The molecular weight excluding hydrogens is 252 g/mol. The summed E-state index contributed by atoms with van der Waals surface area (Å²) < 4.78 is 24.6. The second-order valence-electron chi connectivity index (χ2n) is 4.30. The van der Waals surface area contributed by atoms with Crippen molar-refractivity contribution in [1.29, 1.82) is 0 Å². The number of rotatable bonds is 4. The van der Waals surface area contributed by atoms with Crippen molar-refractivity contribution in [3.63, 3.8) is 0 Å². The number of hydrogen-bond donors (Lipinski definition) is 2. The fourth-order valence-corrected chi connectivity index (χ4v) is 2.62. The highest BCUT2D eigenvalue weighted by Crippen LogP contribution is 2.32. The summed E-state index contributed by atoms with van der Waals surface area (Å²) in [6, 6.07) is 7.76. The molecule has 5 nitrogen and oxygen atoms in total. The standard InChI is InChI=1S/C12H16N2O3S/c1-2-18(16,17)14-12(15)7-9-8-13-11-6-4-3-5-10(9)11/h3-6,9,13H,2,7-8H2,1H3,(H,14,15). The van der Waals surface area contributed by atoms with Crippen LogP contribution in [0.15, 0.2) is 24.3 Å². The van der Waals surface area contributed by atoms with Crippen LogP contribution in [0, 0.1) is 0 Å². The first-order valence-electron chi connectivity index (χ1n) is 5.88. The van der Waals surface area contributed by atoms with Crippen LogP contribution >= 0.6 is 0 Å². The lowest BCUT2D eigenvalue weighted by Crippen LogP contribution is -2.32. The van der Waals surface area contributed by atoms with E-state index in [0.29, 0.717) is 6.54 Å². The lowest BCUT2D eigenvalue weighted by Gasteiger charge is -2.10. The topological polar surface area (TPSA) is 75.3 Å². The quantitative estimate of drug-likeness (QED) is 0.856. The van der Waals surface area contributed by atoms with Crippen LogP contribution in [0.3, 0.4) is 0 Å². The largest absolute Gasteiger partial charge is 0.384 e. The van der Waals surface area contributed by atoms with Crippen LogP contribution < -0.4 is 10.0 Å². The van der Waals surface area contributed by atoms with Crippen LogP contribution in [0.25, 0.3) is 0 Å². The zero-order valence-corrected chi connectivity index (χ0v) is 11.0. The molecular formula is C12H16N2O3S. The van der Waals surface area contributed by atoms with Crippen molar-refractivity contribution in [3.8, 4) is 0 Å². The molecule has 1 aliphatic rings. The number of para-hydroxylation sites is 1. The molecule has 1 aromatic carbocycles. The monoisotopic (exact) mass is 268 g/mol. The van der Waals surface area contributed by atoms with Crippen LogP contribution in [0.4, 0.5) is 5.69 Å². The molecule has 0 saturated heterocycles. The molecule has 0 radical (unpaired) electrons. The molecule has 2 N–H and O–H groups in total. The maximum Gasteiger partial charge on any atom is 0.234 e. The van der Waals surface area contributed by atoms with E-state index in [1.807, 2.05) is 24.3 Å². The van der Waals surface area contributed by atoms with Crippen LogP contribution in [-0.4, -0.2) is 26.6 Å². The van der Waals surface area contributed by atoms with Gasteiger partial charge >= 0.3 is 0 Å². The van der Waals surface area contributed by atoms with E-state index >= 15 is 0 Å². The van der Waals surface area contributed by atoms with E-state index in [-0.39, 0.29) is 18.1 Å². The molecule has 98 valence electrons. The first-order valence-corrected chi connectivity index (χ1v) is 7.53. The normalized spacial score (nSPS) is 17.9. The molecule has 0 spiro atoms. The molecule has 0 fully saturated rings. The molecule has 0 aromatic heterocycles. The molecule has 0 bridgehead atoms. The van der Waals surface area contributed by atoms with E-state index in [0.717, 1.165) is 11.3 Å². The number of amides is 1. The minimum atomic E-state index is -3.46. The minimum Gasteiger partial charge on any atom is -0.384 e. The van der Waals surface area contributed by atoms with Crippen molar-refractivity contribution in [3.05, 3.63) is 29.8 Å². The predicted octanol–water partition coefficient (Wildman–Crippen LogP) is 1.05. The number of carbonyl (C=O) groups excluding carboxylic acids is 1. The number of anilines is 1. The van der Waals surface area contributed by atoms with Gasteiger partial charge < -0.3 is 5.32 Å². The maximum atomic E-state index is 11.7. The molecule has 1 atom stereocenters. The van der Waals surface area contributed by atoms with Gasteiger partial charge in [-0.25, -0.2) is 8.42 Å². The lowest BCUT2D eigenvalue weighted by molar-refractivity contribution is -0.119. The number of sulfonamides is 1. The van der Waals surface area contributed by atoms with E-state index in [9.17, 15) is 13.2 Å². The Bertz CT molecular complexity index is 554. The minimum absolute atomic E-state index is 0.0354. The third-order valence-electron chi connectivity index (χ3n) is 3.02. The fourth-order valence-electron chi connectivity index (χ4n) is 2.05. The third-order valence-corrected chi connectivity index (χ3v) is 4.32. The van der Waals surface area contributed by atoms with Gasteiger partial charge in [-0.3, -0.25) is 9.52 Å². The Morgan fingerprint density at radius 2 is 2.17 bits per heavy atom. The summed E-state index contributed by atoms with van der Waals surface area (Å²) in [7, 11) is -3.46. The van der Waals surface area contributed by atoms with Gasteiger partial charge in [0.25, 0.3) is 0 Å². The summed E-state index contributed by atoms with van der Waals surface area (Å²) in [6.45, 7) is 2.17. The summed E-state index contributed by atoms with van der Waals surface area (Å²) in [4.78, 5) is 11.7. The number of carbonyl (C=O) groups is 1. The van der Waals surface area contributed by atoms with Crippen molar-refractivity contribution < 1.29 is 13.2 Å². The number of nitrogens with one attached hydrogen (secondary N) is 2. The summed E-state index contributed by atoms with van der Waals surface area (Å²) >= 11 is 0. The maximum absolute atomic E-state index is 11.7. The van der Waals surface area contributed by atoms with Gasteiger partial charge in [0.15, 0.2) is 0 Å². The van der Waals surface area contributed by atoms with Gasteiger partial charge in [-0.15, -0.1) is 0 Å². The summed E-state index contributed by atoms with van der Waals surface area (Å²) in [5.41, 5.74) is 2.09. The van der Waals surface area contributed by atoms with Crippen molar-refractivity contribution in [2.45, 2.75) is 19.3 Å². The Labute approximate surface area is 107 Å². The zero-order valence-electron chi connectivity index (χ0n) is 10.1. The highest BCUT2D eigenvalue weighted by molar-refractivity contribution is 7.90. The Kier molecular flexibility index (Phi) is 3.56. The molecule has 0 saturated carbocycles. The fraction of sp³-hybridized carbons (Fsp3) is 0.417. The van der Waals surface area contributed by atoms with Crippen LogP contribution in [0.2, 0.25) is 0 Å². The SMILES string of the molecule is CCS(=O)(=O)NC(=O)CC1CNc2ccccc21. The van der Waals surface area contributed by atoms with E-state index in [4.69, 9.17) is 0 Å². The van der Waals surface area contributed by atoms with E-state index in [1.54, 1.807) is 0 Å². The Hall–Kier alpha value is -1.56. The highest BCUT2D eigenvalue weighted by atomic mass is 32.2. The van der Waals surface area contributed by atoms with Crippen molar-refractivity contribution in [1.82, 2.24) is 4.72 Å². The van der Waals surface area contributed by atoms with Crippen LogP contribution in [-0.2, 0) is 14.8 Å². The molecule has 1 aliphatic heterocycles. The Morgan fingerprint density at radius 3 is 2.89 bits per heavy atom. The van der Waals surface area contributed by atoms with Crippen LogP contribution in [0.1, 0.15) is 24.8 Å². The number of benzene rings is 1. The van der Waals surface area contributed by atoms with Gasteiger partial charge in [0.1, 0.15) is 0 Å². The molecule has 2 rings (SSSR count). The molecule has 1 heterocycles. The smallest absolute Gasteiger partial charge is 0.234 e. The highest BCUT2D eigenvalue weighted by Gasteiger charge is 2.25. The number of hydrogen-bond acceptors (Lipinski definition) is 4. The molecule has 1 amide bonds. The Balaban J connectivity index is 2.02. The molecule has 6 heteroatoms. The summed E-state index contributed by atoms with van der Waals surface area (Å²) in [5, 5.41) is 3.20. The Morgan fingerprint density at radius 1 is 1.44 bits per heavy atom. The third kappa shape index (κ3) is 2.81.